The number of thioether (sulfide) groups is 1. The molecule has 1 aromatic carbocycles. The van der Waals surface area contributed by atoms with Crippen LogP contribution in [0, 0.1) is 0 Å². The first-order valence-corrected chi connectivity index (χ1v) is 9.18. The van der Waals surface area contributed by atoms with E-state index in [1.807, 2.05) is 32.1 Å². The van der Waals surface area contributed by atoms with Crippen LogP contribution in [0.4, 0.5) is 0 Å². The Labute approximate surface area is 154 Å². The molecule has 130 valence electrons. The van der Waals surface area contributed by atoms with Gasteiger partial charge in [-0.1, -0.05) is 35.9 Å². The molecule has 1 heterocycles. The van der Waals surface area contributed by atoms with Gasteiger partial charge in [-0.25, -0.2) is 4.79 Å². The standard InChI is InChI=1S/C15H14BrNO4S.C2H6/c1-20-15(19)12-3-2-8-22-14(12)17-13(18)9-21-11-6-4-10(16)5-7-11;1-2/h2-7H,8-9H2,1H3,(H,17,18);1-2H3. The van der Waals surface area contributed by atoms with Crippen LogP contribution >= 0.6 is 27.7 Å². The van der Waals surface area contributed by atoms with E-state index in [1.165, 1.54) is 18.9 Å². The Hall–Kier alpha value is -1.73. The number of nitrogens with one attached hydrogen (secondary N) is 1. The highest BCUT2D eigenvalue weighted by atomic mass is 79.9. The van der Waals surface area contributed by atoms with Crippen molar-refractivity contribution < 1.29 is 19.1 Å². The van der Waals surface area contributed by atoms with Crippen LogP contribution in [0.25, 0.3) is 0 Å². The van der Waals surface area contributed by atoms with Gasteiger partial charge in [0.05, 0.1) is 17.7 Å². The molecule has 0 atom stereocenters. The summed E-state index contributed by atoms with van der Waals surface area (Å²) in [5, 5.41) is 3.17. The first-order chi connectivity index (χ1) is 11.6. The highest BCUT2D eigenvalue weighted by molar-refractivity contribution is 9.10. The molecule has 0 unspecified atom stereocenters. The molecule has 0 bridgehead atoms. The minimum Gasteiger partial charge on any atom is -0.484 e. The molecule has 24 heavy (non-hydrogen) atoms. The number of hydrogen-bond donors (Lipinski definition) is 1. The van der Waals surface area contributed by atoms with E-state index in [2.05, 4.69) is 21.2 Å². The van der Waals surface area contributed by atoms with E-state index in [-0.39, 0.29) is 12.5 Å². The summed E-state index contributed by atoms with van der Waals surface area (Å²) < 4.78 is 11.0. The Bertz CT molecular complexity index is 626. The van der Waals surface area contributed by atoms with Crippen LogP contribution in [0.1, 0.15) is 13.8 Å². The Morgan fingerprint density at radius 2 is 1.92 bits per heavy atom. The molecule has 5 nitrogen and oxygen atoms in total. The van der Waals surface area contributed by atoms with E-state index in [0.29, 0.717) is 22.1 Å². The number of esters is 1. The normalized spacial score (nSPS) is 12.8. The molecule has 0 aliphatic carbocycles. The van der Waals surface area contributed by atoms with Crippen molar-refractivity contribution in [1.29, 1.82) is 0 Å². The van der Waals surface area contributed by atoms with Gasteiger partial charge in [-0.15, -0.1) is 11.8 Å². The number of carbonyl (C=O) groups is 2. The monoisotopic (exact) mass is 413 g/mol. The lowest BCUT2D eigenvalue weighted by atomic mass is 10.2. The Morgan fingerprint density at radius 1 is 1.25 bits per heavy atom. The lowest BCUT2D eigenvalue weighted by Crippen LogP contribution is -2.29. The average Bonchev–Trinajstić information content (AvgIpc) is 2.63. The third kappa shape index (κ3) is 6.41. The summed E-state index contributed by atoms with van der Waals surface area (Å²) in [7, 11) is 1.30. The second kappa shape index (κ2) is 10.9. The summed E-state index contributed by atoms with van der Waals surface area (Å²) in [5.74, 6) is 0.468. The van der Waals surface area contributed by atoms with Gasteiger partial charge < -0.3 is 14.8 Å². The first-order valence-electron chi connectivity index (χ1n) is 7.40. The molecular weight excluding hydrogens is 394 g/mol. The van der Waals surface area contributed by atoms with Gasteiger partial charge in [0.1, 0.15) is 5.75 Å². The lowest BCUT2D eigenvalue weighted by molar-refractivity contribution is -0.135. The van der Waals surface area contributed by atoms with Crippen LogP contribution in [0.15, 0.2) is 51.5 Å². The van der Waals surface area contributed by atoms with Gasteiger partial charge in [0.25, 0.3) is 5.91 Å². The average molecular weight is 414 g/mol. The molecule has 1 N–H and O–H groups in total. The van der Waals surface area contributed by atoms with E-state index < -0.39 is 5.97 Å². The van der Waals surface area contributed by atoms with Crippen LogP contribution < -0.4 is 10.1 Å². The summed E-state index contributed by atoms with van der Waals surface area (Å²) in [6, 6.07) is 7.17. The number of hydrogen-bond acceptors (Lipinski definition) is 5. The second-order valence-corrected chi connectivity index (χ2v) is 6.18. The van der Waals surface area contributed by atoms with Gasteiger partial charge in [0.15, 0.2) is 6.61 Å². The number of amides is 1. The van der Waals surface area contributed by atoms with Gasteiger partial charge >= 0.3 is 5.97 Å². The molecular formula is C17H20BrNO4S. The van der Waals surface area contributed by atoms with Crippen molar-refractivity contribution in [2.45, 2.75) is 13.8 Å². The first kappa shape index (κ1) is 20.3. The van der Waals surface area contributed by atoms with Gasteiger partial charge in [-0.05, 0) is 30.3 Å². The number of methoxy groups -OCH3 is 1. The molecule has 1 aliphatic heterocycles. The largest absolute Gasteiger partial charge is 0.484 e. The van der Waals surface area contributed by atoms with Crippen LogP contribution in [-0.2, 0) is 14.3 Å². The van der Waals surface area contributed by atoms with E-state index >= 15 is 0 Å². The predicted octanol–water partition coefficient (Wildman–Crippen LogP) is 3.66. The third-order valence-electron chi connectivity index (χ3n) is 2.69. The van der Waals surface area contributed by atoms with Crippen LogP contribution in [0.5, 0.6) is 5.75 Å². The number of carbonyl (C=O) groups excluding carboxylic acids is 2. The van der Waals surface area contributed by atoms with E-state index in [1.54, 1.807) is 18.2 Å². The minimum atomic E-state index is -0.479. The molecule has 0 radical (unpaired) electrons. The lowest BCUT2D eigenvalue weighted by Gasteiger charge is -2.15. The van der Waals surface area contributed by atoms with Crippen molar-refractivity contribution in [2.75, 3.05) is 19.5 Å². The second-order valence-electron chi connectivity index (χ2n) is 4.24. The predicted molar refractivity (Wildman–Crippen MR) is 99.8 cm³/mol. The Balaban J connectivity index is 0.00000139. The van der Waals surface area contributed by atoms with Gasteiger partial charge in [-0.3, -0.25) is 4.79 Å². The molecule has 1 amide bonds. The maximum absolute atomic E-state index is 11.9. The van der Waals surface area contributed by atoms with Crippen LogP contribution in [-0.4, -0.2) is 31.3 Å². The molecule has 1 aromatic rings. The molecule has 0 fully saturated rings. The van der Waals surface area contributed by atoms with Gasteiger partial charge in [0, 0.05) is 10.2 Å². The van der Waals surface area contributed by atoms with Crippen molar-refractivity contribution in [3.8, 4) is 5.75 Å². The highest BCUT2D eigenvalue weighted by Crippen LogP contribution is 2.24. The topological polar surface area (TPSA) is 64.6 Å². The Morgan fingerprint density at radius 3 is 2.54 bits per heavy atom. The zero-order valence-electron chi connectivity index (χ0n) is 13.8. The smallest absolute Gasteiger partial charge is 0.340 e. The molecule has 0 saturated heterocycles. The number of benzene rings is 1. The van der Waals surface area contributed by atoms with Crippen LogP contribution in [0.2, 0.25) is 0 Å². The summed E-state index contributed by atoms with van der Waals surface area (Å²) in [5.41, 5.74) is 0.343. The number of rotatable bonds is 5. The van der Waals surface area contributed by atoms with E-state index in [4.69, 9.17) is 9.47 Å². The molecule has 0 aromatic heterocycles. The zero-order valence-corrected chi connectivity index (χ0v) is 16.2. The maximum atomic E-state index is 11.9. The van der Waals surface area contributed by atoms with Crippen molar-refractivity contribution in [3.63, 3.8) is 0 Å². The Kier molecular flexibility index (Phi) is 9.26. The molecule has 0 saturated carbocycles. The summed E-state index contributed by atoms with van der Waals surface area (Å²) in [6.07, 6.45) is 3.48. The fraction of sp³-hybridized carbons (Fsp3) is 0.294. The van der Waals surface area contributed by atoms with Gasteiger partial charge in [-0.2, -0.15) is 0 Å². The zero-order chi connectivity index (χ0) is 17.9. The molecule has 2 rings (SSSR count). The minimum absolute atomic E-state index is 0.135. The van der Waals surface area contributed by atoms with E-state index in [0.717, 1.165) is 4.47 Å². The SMILES string of the molecule is CC.COC(=O)C1=C(NC(=O)COc2ccc(Br)cc2)SCC=C1. The fourth-order valence-corrected chi connectivity index (χ4v) is 2.78. The van der Waals surface area contributed by atoms with Crippen molar-refractivity contribution in [2.24, 2.45) is 0 Å². The third-order valence-corrected chi connectivity index (χ3v) is 4.19. The summed E-state index contributed by atoms with van der Waals surface area (Å²) in [6.45, 7) is 3.86. The van der Waals surface area contributed by atoms with E-state index in [9.17, 15) is 9.59 Å². The van der Waals surface area contributed by atoms with Crippen molar-refractivity contribution in [3.05, 3.63) is 51.5 Å². The molecule has 0 spiro atoms. The number of ether oxygens (including phenoxy) is 2. The number of halogens is 1. The summed E-state index contributed by atoms with van der Waals surface area (Å²) >= 11 is 4.69. The molecule has 1 aliphatic rings. The quantitative estimate of drug-likeness (QED) is 0.746. The van der Waals surface area contributed by atoms with Crippen molar-refractivity contribution >= 4 is 39.6 Å². The fourth-order valence-electron chi connectivity index (χ4n) is 1.67. The highest BCUT2D eigenvalue weighted by Gasteiger charge is 2.18. The maximum Gasteiger partial charge on any atom is 0.340 e. The molecule has 7 heteroatoms. The van der Waals surface area contributed by atoms with Gasteiger partial charge in [0.2, 0.25) is 0 Å². The van der Waals surface area contributed by atoms with Crippen LogP contribution in [0.3, 0.4) is 0 Å². The summed E-state index contributed by atoms with van der Waals surface area (Å²) in [4.78, 5) is 23.6. The van der Waals surface area contributed by atoms with Crippen molar-refractivity contribution in [1.82, 2.24) is 5.32 Å².